The number of thiophene rings is 1. The second-order valence-electron chi connectivity index (χ2n) is 8.28. The Morgan fingerprint density at radius 2 is 1.82 bits per heavy atom. The lowest BCUT2D eigenvalue weighted by Gasteiger charge is -2.17. The molecular formula is C27H29N5OS. The molecule has 34 heavy (non-hydrogen) atoms. The molecule has 7 heteroatoms. The Morgan fingerprint density at radius 1 is 1.09 bits per heavy atom. The van der Waals surface area contributed by atoms with Crippen LogP contribution in [0.25, 0.3) is 21.6 Å². The molecule has 3 heterocycles. The van der Waals surface area contributed by atoms with Crippen molar-refractivity contribution in [2.45, 2.75) is 44.8 Å². The second-order valence-corrected chi connectivity index (χ2v) is 9.16. The summed E-state index contributed by atoms with van der Waals surface area (Å²) in [6.07, 6.45) is 5.36. The van der Waals surface area contributed by atoms with Crippen molar-refractivity contribution in [3.8, 4) is 23.2 Å². The molecule has 0 bridgehead atoms. The first-order valence-electron chi connectivity index (χ1n) is 11.5. The SMILES string of the molecule is CCC(O)(C#Cc1csc2c(NC[C@@H](N)Cc3ccccc3)nc(-c3ccncc3)nc12)CC. The normalized spacial score (nSPS) is 12.2. The van der Waals surface area contributed by atoms with E-state index in [1.807, 2.05) is 49.6 Å². The van der Waals surface area contributed by atoms with Crippen LogP contribution in [0.1, 0.15) is 37.8 Å². The quantitative estimate of drug-likeness (QED) is 0.324. The maximum Gasteiger partial charge on any atom is 0.162 e. The highest BCUT2D eigenvalue weighted by Crippen LogP contribution is 2.32. The minimum atomic E-state index is -0.999. The van der Waals surface area contributed by atoms with Crippen molar-refractivity contribution in [2.24, 2.45) is 5.73 Å². The van der Waals surface area contributed by atoms with Gasteiger partial charge in [-0.2, -0.15) is 0 Å². The lowest BCUT2D eigenvalue weighted by atomic mass is 9.98. The molecule has 1 aromatic carbocycles. The van der Waals surface area contributed by atoms with Crippen LogP contribution < -0.4 is 11.1 Å². The average molecular weight is 472 g/mol. The van der Waals surface area contributed by atoms with Gasteiger partial charge in [-0.3, -0.25) is 4.98 Å². The first kappa shape index (κ1) is 23.8. The van der Waals surface area contributed by atoms with Crippen molar-refractivity contribution >= 4 is 27.4 Å². The van der Waals surface area contributed by atoms with Crippen molar-refractivity contribution in [3.05, 3.63) is 71.4 Å². The minimum absolute atomic E-state index is 0.0693. The Kier molecular flexibility index (Phi) is 7.53. The van der Waals surface area contributed by atoms with Crippen molar-refractivity contribution in [1.29, 1.82) is 0 Å². The fraction of sp³-hybridized carbons (Fsp3) is 0.296. The van der Waals surface area contributed by atoms with E-state index in [1.54, 1.807) is 23.7 Å². The number of anilines is 1. The third kappa shape index (κ3) is 5.60. The van der Waals surface area contributed by atoms with Crippen LogP contribution in [0.3, 0.4) is 0 Å². The molecule has 0 radical (unpaired) electrons. The number of aliphatic hydroxyl groups is 1. The fourth-order valence-electron chi connectivity index (χ4n) is 3.58. The van der Waals surface area contributed by atoms with Gasteiger partial charge >= 0.3 is 0 Å². The summed E-state index contributed by atoms with van der Waals surface area (Å²) >= 11 is 1.54. The van der Waals surface area contributed by atoms with Crippen molar-refractivity contribution in [3.63, 3.8) is 0 Å². The number of benzene rings is 1. The maximum atomic E-state index is 10.6. The standard InChI is InChI=1S/C27H29N5OS/c1-3-27(33,4-2)13-10-21-18-34-24-23(21)31-25(20-11-14-29-15-12-20)32-26(24)30-17-22(28)16-19-8-6-5-7-9-19/h5-9,11-12,14-15,18,22,33H,3-4,16-17,28H2,1-2H3,(H,30,31,32)/t22-/m0/s1. The molecule has 4 N–H and O–H groups in total. The molecule has 1 atom stereocenters. The minimum Gasteiger partial charge on any atom is -0.378 e. The Labute approximate surface area is 204 Å². The Bertz CT molecular complexity index is 1290. The zero-order chi connectivity index (χ0) is 24.0. The van der Waals surface area contributed by atoms with Crippen LogP contribution in [0, 0.1) is 11.8 Å². The summed E-state index contributed by atoms with van der Waals surface area (Å²) in [6.45, 7) is 4.45. The van der Waals surface area contributed by atoms with E-state index in [2.05, 4.69) is 34.3 Å². The second kappa shape index (κ2) is 10.7. The molecule has 0 amide bonds. The molecular weight excluding hydrogens is 442 g/mol. The number of hydrogen-bond acceptors (Lipinski definition) is 7. The first-order valence-corrected chi connectivity index (χ1v) is 12.4. The highest BCUT2D eigenvalue weighted by molar-refractivity contribution is 7.18. The average Bonchev–Trinajstić information content (AvgIpc) is 3.30. The van der Waals surface area contributed by atoms with Gasteiger partial charge in [-0.05, 0) is 37.0 Å². The van der Waals surface area contributed by atoms with Crippen LogP contribution in [0.5, 0.6) is 0 Å². The van der Waals surface area contributed by atoms with Crippen LogP contribution in [0.4, 0.5) is 5.82 Å². The Morgan fingerprint density at radius 3 is 2.53 bits per heavy atom. The number of pyridine rings is 1. The molecule has 0 fully saturated rings. The van der Waals surface area contributed by atoms with Crippen LogP contribution in [0.2, 0.25) is 0 Å². The van der Waals surface area contributed by atoms with E-state index in [4.69, 9.17) is 15.7 Å². The zero-order valence-electron chi connectivity index (χ0n) is 19.5. The predicted molar refractivity (Wildman–Crippen MR) is 140 cm³/mol. The lowest BCUT2D eigenvalue weighted by molar-refractivity contribution is 0.0931. The molecule has 174 valence electrons. The zero-order valence-corrected chi connectivity index (χ0v) is 20.3. The third-order valence-electron chi connectivity index (χ3n) is 5.83. The summed E-state index contributed by atoms with van der Waals surface area (Å²) in [5.41, 5.74) is 9.05. The van der Waals surface area contributed by atoms with Crippen LogP contribution >= 0.6 is 11.3 Å². The van der Waals surface area contributed by atoms with Gasteiger partial charge in [0.25, 0.3) is 0 Å². The van der Waals surface area contributed by atoms with Crippen LogP contribution in [-0.2, 0) is 6.42 Å². The predicted octanol–water partition coefficient (Wildman–Crippen LogP) is 4.64. The van der Waals surface area contributed by atoms with Crippen LogP contribution in [0.15, 0.2) is 60.2 Å². The fourth-order valence-corrected chi connectivity index (χ4v) is 4.49. The van der Waals surface area contributed by atoms with Crippen LogP contribution in [-0.4, -0.2) is 38.2 Å². The maximum absolute atomic E-state index is 10.6. The summed E-state index contributed by atoms with van der Waals surface area (Å²) in [5, 5.41) is 16.0. The van der Waals surface area contributed by atoms with E-state index < -0.39 is 5.60 Å². The molecule has 0 saturated heterocycles. The van der Waals surface area contributed by atoms with Crippen molar-refractivity contribution in [2.75, 3.05) is 11.9 Å². The largest absolute Gasteiger partial charge is 0.378 e. The van der Waals surface area contributed by atoms with E-state index in [0.717, 1.165) is 33.6 Å². The van der Waals surface area contributed by atoms with Gasteiger partial charge in [-0.15, -0.1) is 11.3 Å². The lowest BCUT2D eigenvalue weighted by Crippen LogP contribution is -2.31. The van der Waals surface area contributed by atoms with Gasteiger partial charge in [-0.25, -0.2) is 9.97 Å². The molecule has 0 aliphatic heterocycles. The molecule has 0 unspecified atom stereocenters. The van der Waals surface area contributed by atoms with Gasteiger partial charge in [0, 0.05) is 35.9 Å². The molecule has 0 spiro atoms. The van der Waals surface area contributed by atoms with Gasteiger partial charge in [0.2, 0.25) is 0 Å². The monoisotopic (exact) mass is 471 g/mol. The number of hydrogen-bond donors (Lipinski definition) is 3. The van der Waals surface area contributed by atoms with E-state index in [-0.39, 0.29) is 6.04 Å². The summed E-state index contributed by atoms with van der Waals surface area (Å²) in [4.78, 5) is 13.7. The number of nitrogens with two attached hydrogens (primary N) is 1. The molecule has 0 aliphatic carbocycles. The van der Waals surface area contributed by atoms with Gasteiger partial charge < -0.3 is 16.2 Å². The summed E-state index contributed by atoms with van der Waals surface area (Å²) in [5.74, 6) is 7.55. The van der Waals surface area contributed by atoms with Gasteiger partial charge in [0.15, 0.2) is 5.82 Å². The van der Waals surface area contributed by atoms with E-state index in [1.165, 1.54) is 5.56 Å². The van der Waals surface area contributed by atoms with E-state index >= 15 is 0 Å². The molecule has 6 nitrogen and oxygen atoms in total. The summed E-state index contributed by atoms with van der Waals surface area (Å²) < 4.78 is 0.922. The highest BCUT2D eigenvalue weighted by atomic mass is 32.1. The number of aromatic nitrogens is 3. The molecule has 0 saturated carbocycles. The van der Waals surface area contributed by atoms with Crippen molar-refractivity contribution < 1.29 is 5.11 Å². The van der Waals surface area contributed by atoms with E-state index in [0.29, 0.717) is 25.2 Å². The summed E-state index contributed by atoms with van der Waals surface area (Å²) in [6, 6.07) is 13.9. The molecule has 3 aromatic heterocycles. The third-order valence-corrected chi connectivity index (χ3v) is 6.80. The Hall–Kier alpha value is -3.31. The van der Waals surface area contributed by atoms with Crippen molar-refractivity contribution in [1.82, 2.24) is 15.0 Å². The topological polar surface area (TPSA) is 97.0 Å². The van der Waals surface area contributed by atoms with Gasteiger partial charge in [0.05, 0.1) is 10.3 Å². The highest BCUT2D eigenvalue weighted by Gasteiger charge is 2.19. The van der Waals surface area contributed by atoms with E-state index in [9.17, 15) is 5.11 Å². The smallest absolute Gasteiger partial charge is 0.162 e. The molecule has 4 rings (SSSR count). The number of nitrogens with one attached hydrogen (secondary N) is 1. The number of rotatable bonds is 8. The molecule has 0 aliphatic rings. The number of nitrogens with zero attached hydrogens (tertiary/aromatic N) is 3. The first-order chi connectivity index (χ1) is 16.5. The van der Waals surface area contributed by atoms with Gasteiger partial charge in [-0.1, -0.05) is 56.0 Å². The molecule has 4 aromatic rings. The van der Waals surface area contributed by atoms with Gasteiger partial charge in [0.1, 0.15) is 16.9 Å². The Balaban J connectivity index is 1.68. The number of fused-ring (bicyclic) bond motifs is 1. The summed E-state index contributed by atoms with van der Waals surface area (Å²) in [7, 11) is 0.